The van der Waals surface area contributed by atoms with Gasteiger partial charge in [0.25, 0.3) is 5.91 Å². The molecule has 216 valence electrons. The number of aromatic amines is 2. The van der Waals surface area contributed by atoms with Gasteiger partial charge in [-0.1, -0.05) is 18.2 Å². The average Bonchev–Trinajstić information content (AvgIpc) is 3.64. The van der Waals surface area contributed by atoms with Crippen molar-refractivity contribution in [1.29, 1.82) is 0 Å². The molecule has 2 amide bonds. The van der Waals surface area contributed by atoms with Crippen LogP contribution in [0.2, 0.25) is 0 Å². The van der Waals surface area contributed by atoms with E-state index in [4.69, 9.17) is 9.47 Å². The highest BCUT2D eigenvalue weighted by molar-refractivity contribution is 5.98. The normalized spacial score (nSPS) is 20.4. The number of nitrogens with one attached hydrogen (secondary N) is 3. The monoisotopic (exact) mass is 557 g/mol. The second-order valence-electron chi connectivity index (χ2n) is 11.4. The molecule has 2 atom stereocenters. The Labute approximate surface area is 240 Å². The summed E-state index contributed by atoms with van der Waals surface area (Å²) in [4.78, 5) is 37.0. The van der Waals surface area contributed by atoms with Crippen molar-refractivity contribution in [2.75, 3.05) is 40.4 Å². The SMILES string of the molecule is COC(=O)N[C@@H]1CC[C@@H](CCN2CCC(c3c[nH]c4ccccc34)CC2)N(C(=O)c2cc3cc(OC)ccc3[nH]2)C1. The van der Waals surface area contributed by atoms with Crippen molar-refractivity contribution in [3.63, 3.8) is 0 Å². The maximum Gasteiger partial charge on any atom is 0.407 e. The first kappa shape index (κ1) is 27.2. The standard InChI is InChI=1S/C32H39N5O4/c1-40-25-9-10-28-22(17-25)18-30(35-28)31(38)37-20-23(34-32(39)41-2)7-8-24(37)13-16-36-14-11-21(12-15-36)27-19-33-29-6-4-3-5-26(27)29/h3-6,9-10,17-19,21,23-24,33,35H,7-8,11-16,20H2,1-2H3,(H,34,39)/t23-,24+/m1/s1. The van der Waals surface area contributed by atoms with Crippen molar-refractivity contribution in [3.8, 4) is 5.75 Å². The highest BCUT2D eigenvalue weighted by atomic mass is 16.5. The van der Waals surface area contributed by atoms with Gasteiger partial charge in [-0.15, -0.1) is 0 Å². The number of ether oxygens (including phenoxy) is 2. The fourth-order valence-corrected chi connectivity index (χ4v) is 6.66. The predicted molar refractivity (Wildman–Crippen MR) is 160 cm³/mol. The van der Waals surface area contributed by atoms with Gasteiger partial charge in [0.15, 0.2) is 0 Å². The number of nitrogens with zero attached hydrogens (tertiary/aromatic N) is 2. The first-order valence-electron chi connectivity index (χ1n) is 14.6. The fourth-order valence-electron chi connectivity index (χ4n) is 6.66. The van der Waals surface area contributed by atoms with E-state index in [2.05, 4.69) is 50.6 Å². The zero-order chi connectivity index (χ0) is 28.3. The van der Waals surface area contributed by atoms with E-state index in [1.54, 1.807) is 7.11 Å². The van der Waals surface area contributed by atoms with Crippen molar-refractivity contribution in [2.24, 2.45) is 0 Å². The average molecular weight is 558 g/mol. The van der Waals surface area contributed by atoms with E-state index in [0.29, 0.717) is 18.2 Å². The Balaban J connectivity index is 1.12. The van der Waals surface area contributed by atoms with Crippen LogP contribution in [0, 0.1) is 0 Å². The summed E-state index contributed by atoms with van der Waals surface area (Å²) in [7, 11) is 3.00. The summed E-state index contributed by atoms with van der Waals surface area (Å²) in [6.07, 6.45) is 6.56. The number of carbonyl (C=O) groups excluding carboxylic acids is 2. The molecular formula is C32H39N5O4. The number of alkyl carbamates (subject to hydrolysis) is 1. The van der Waals surface area contributed by atoms with Gasteiger partial charge in [-0.2, -0.15) is 0 Å². The van der Waals surface area contributed by atoms with E-state index < -0.39 is 6.09 Å². The fraction of sp³-hybridized carbons (Fsp3) is 0.438. The third-order valence-electron chi connectivity index (χ3n) is 8.96. The molecule has 0 saturated carbocycles. The zero-order valence-electron chi connectivity index (χ0n) is 23.8. The number of benzene rings is 2. The van der Waals surface area contributed by atoms with Crippen molar-refractivity contribution >= 4 is 33.8 Å². The predicted octanol–water partition coefficient (Wildman–Crippen LogP) is 5.26. The Morgan fingerprint density at radius 2 is 1.83 bits per heavy atom. The smallest absolute Gasteiger partial charge is 0.407 e. The molecule has 2 aromatic heterocycles. The summed E-state index contributed by atoms with van der Waals surface area (Å²) in [6, 6.07) is 16.1. The molecule has 0 radical (unpaired) electrons. The summed E-state index contributed by atoms with van der Waals surface area (Å²) in [6.45, 7) is 3.52. The number of likely N-dealkylation sites (tertiary alicyclic amines) is 2. The summed E-state index contributed by atoms with van der Waals surface area (Å²) in [5, 5.41) is 5.18. The summed E-state index contributed by atoms with van der Waals surface area (Å²) < 4.78 is 10.2. The Bertz CT molecular complexity index is 1520. The molecule has 0 unspecified atom stereocenters. The molecule has 2 aliphatic rings. The molecule has 0 spiro atoms. The molecule has 2 fully saturated rings. The first-order chi connectivity index (χ1) is 20.0. The molecule has 2 aliphatic heterocycles. The van der Waals surface area contributed by atoms with Gasteiger partial charge in [0.1, 0.15) is 11.4 Å². The van der Waals surface area contributed by atoms with Crippen molar-refractivity contribution < 1.29 is 19.1 Å². The molecule has 9 nitrogen and oxygen atoms in total. The van der Waals surface area contributed by atoms with Gasteiger partial charge in [-0.3, -0.25) is 4.79 Å². The Morgan fingerprint density at radius 1 is 1.00 bits per heavy atom. The second-order valence-corrected chi connectivity index (χ2v) is 11.4. The van der Waals surface area contributed by atoms with Crippen LogP contribution in [0.15, 0.2) is 54.7 Å². The lowest BCUT2D eigenvalue weighted by atomic mass is 9.89. The third-order valence-corrected chi connectivity index (χ3v) is 8.96. The summed E-state index contributed by atoms with van der Waals surface area (Å²) in [5.41, 5.74) is 4.09. The lowest BCUT2D eigenvalue weighted by Crippen LogP contribution is -2.54. The van der Waals surface area contributed by atoms with Gasteiger partial charge in [0.2, 0.25) is 0 Å². The molecule has 2 saturated heterocycles. The van der Waals surface area contributed by atoms with Crippen LogP contribution in [0.4, 0.5) is 4.79 Å². The first-order valence-corrected chi connectivity index (χ1v) is 14.6. The number of piperidine rings is 2. The van der Waals surface area contributed by atoms with Gasteiger partial charge < -0.3 is 34.6 Å². The number of para-hydroxylation sites is 1. The molecule has 0 bridgehead atoms. The molecule has 9 heteroatoms. The number of hydrogen-bond acceptors (Lipinski definition) is 5. The van der Waals surface area contributed by atoms with Crippen molar-refractivity contribution in [2.45, 2.75) is 50.1 Å². The number of carbonyl (C=O) groups is 2. The van der Waals surface area contributed by atoms with Gasteiger partial charge >= 0.3 is 6.09 Å². The van der Waals surface area contributed by atoms with E-state index in [9.17, 15) is 9.59 Å². The minimum atomic E-state index is -0.461. The maximum atomic E-state index is 13.9. The zero-order valence-corrected chi connectivity index (χ0v) is 23.8. The quantitative estimate of drug-likeness (QED) is 0.288. The molecule has 4 aromatic rings. The molecule has 2 aromatic carbocycles. The van der Waals surface area contributed by atoms with Crippen LogP contribution in [0.3, 0.4) is 0 Å². The third kappa shape index (κ3) is 5.77. The van der Waals surface area contributed by atoms with Crippen LogP contribution < -0.4 is 10.1 Å². The number of rotatable bonds is 7. The van der Waals surface area contributed by atoms with E-state index in [0.717, 1.165) is 68.4 Å². The molecule has 6 rings (SSSR count). The Hall–Kier alpha value is -3.98. The highest BCUT2D eigenvalue weighted by Crippen LogP contribution is 2.33. The second kappa shape index (κ2) is 11.9. The van der Waals surface area contributed by atoms with Crippen LogP contribution in [0.5, 0.6) is 5.75 Å². The van der Waals surface area contributed by atoms with Crippen LogP contribution in [-0.4, -0.2) is 84.3 Å². The van der Waals surface area contributed by atoms with E-state index >= 15 is 0 Å². The van der Waals surface area contributed by atoms with E-state index in [1.165, 1.54) is 23.6 Å². The number of amides is 2. The summed E-state index contributed by atoms with van der Waals surface area (Å²) in [5.74, 6) is 1.28. The van der Waals surface area contributed by atoms with E-state index in [-0.39, 0.29) is 18.0 Å². The number of fused-ring (bicyclic) bond motifs is 2. The minimum Gasteiger partial charge on any atom is -0.497 e. The number of aromatic nitrogens is 2. The van der Waals surface area contributed by atoms with Crippen LogP contribution in [0.1, 0.15) is 54.1 Å². The number of hydrogen-bond donors (Lipinski definition) is 3. The van der Waals surface area contributed by atoms with Crippen molar-refractivity contribution in [1.82, 2.24) is 25.1 Å². The molecular weight excluding hydrogens is 518 g/mol. The van der Waals surface area contributed by atoms with Crippen LogP contribution >= 0.6 is 0 Å². The van der Waals surface area contributed by atoms with Gasteiger partial charge in [-0.05, 0) is 87.0 Å². The van der Waals surface area contributed by atoms with Gasteiger partial charge in [0, 0.05) is 53.2 Å². The highest BCUT2D eigenvalue weighted by Gasteiger charge is 2.34. The lowest BCUT2D eigenvalue weighted by molar-refractivity contribution is 0.0517. The van der Waals surface area contributed by atoms with Crippen LogP contribution in [-0.2, 0) is 4.74 Å². The topological polar surface area (TPSA) is 103 Å². The molecule has 41 heavy (non-hydrogen) atoms. The lowest BCUT2D eigenvalue weighted by Gasteiger charge is -2.41. The Morgan fingerprint density at radius 3 is 2.63 bits per heavy atom. The minimum absolute atomic E-state index is 0.0421. The molecule has 4 heterocycles. The number of methoxy groups -OCH3 is 2. The molecule has 3 N–H and O–H groups in total. The van der Waals surface area contributed by atoms with Gasteiger partial charge in [-0.25, -0.2) is 4.79 Å². The Kier molecular flexibility index (Phi) is 7.87. The number of H-pyrrole nitrogens is 2. The van der Waals surface area contributed by atoms with Crippen molar-refractivity contribution in [3.05, 3.63) is 66.0 Å². The van der Waals surface area contributed by atoms with Crippen LogP contribution in [0.25, 0.3) is 21.8 Å². The van der Waals surface area contributed by atoms with Gasteiger partial charge in [0.05, 0.1) is 14.2 Å². The molecule has 0 aliphatic carbocycles. The largest absolute Gasteiger partial charge is 0.497 e. The van der Waals surface area contributed by atoms with E-state index in [1.807, 2.05) is 29.2 Å². The summed E-state index contributed by atoms with van der Waals surface area (Å²) >= 11 is 0. The maximum absolute atomic E-state index is 13.9.